The molecule has 36 heavy (non-hydrogen) atoms. The molecule has 0 fully saturated rings. The van der Waals surface area contributed by atoms with Crippen molar-refractivity contribution >= 4 is 11.6 Å². The van der Waals surface area contributed by atoms with Crippen LogP contribution in [0.15, 0.2) is 77.7 Å². The van der Waals surface area contributed by atoms with E-state index in [4.69, 9.17) is 11.6 Å². The number of pyridine rings is 1. The lowest BCUT2D eigenvalue weighted by Crippen LogP contribution is -2.26. The quantitative estimate of drug-likeness (QED) is 0.314. The minimum absolute atomic E-state index is 0.0757. The number of tetrazole rings is 1. The van der Waals surface area contributed by atoms with Crippen molar-refractivity contribution in [1.82, 2.24) is 34.7 Å². The fourth-order valence-corrected chi connectivity index (χ4v) is 4.73. The van der Waals surface area contributed by atoms with Crippen LogP contribution < -0.4 is 5.69 Å². The molecule has 0 aliphatic rings. The SMILES string of the molecule is CCCc1c(Cl)n(CCc2ccccc2)c(=O)n1Cc1ccc(-c2ncccc2-c2nnn[nH]2)cc1. The summed E-state index contributed by atoms with van der Waals surface area (Å²) in [5.41, 5.74) is 5.52. The standard InChI is InChI=1S/C27H26ClN7O/c1-2-7-23-25(28)34(17-15-19-8-4-3-5-9-19)27(36)35(23)18-20-11-13-21(14-12-20)24-22(10-6-16-29-24)26-30-32-33-31-26/h3-6,8-14,16H,2,7,15,17-18H2,1H3,(H,30,31,32,33). The molecule has 0 unspecified atom stereocenters. The maximum absolute atomic E-state index is 13.4. The molecule has 3 heterocycles. The number of imidazole rings is 1. The Hall–Kier alpha value is -4.04. The molecule has 8 nitrogen and oxygen atoms in total. The van der Waals surface area contributed by atoms with E-state index in [2.05, 4.69) is 44.7 Å². The second kappa shape index (κ2) is 10.7. The van der Waals surface area contributed by atoms with Gasteiger partial charge >= 0.3 is 5.69 Å². The molecule has 0 saturated heterocycles. The van der Waals surface area contributed by atoms with Gasteiger partial charge in [0.05, 0.1) is 17.9 Å². The van der Waals surface area contributed by atoms with E-state index in [1.54, 1.807) is 15.3 Å². The lowest BCUT2D eigenvalue weighted by Gasteiger charge is -2.09. The van der Waals surface area contributed by atoms with Crippen molar-refractivity contribution < 1.29 is 0 Å². The van der Waals surface area contributed by atoms with Crippen LogP contribution in [-0.4, -0.2) is 34.7 Å². The molecule has 3 aromatic heterocycles. The lowest BCUT2D eigenvalue weighted by molar-refractivity contribution is 0.628. The normalized spacial score (nSPS) is 11.2. The van der Waals surface area contributed by atoms with Crippen molar-refractivity contribution in [2.45, 2.75) is 39.3 Å². The van der Waals surface area contributed by atoms with Crippen molar-refractivity contribution in [3.63, 3.8) is 0 Å². The number of aromatic amines is 1. The number of H-pyrrole nitrogens is 1. The van der Waals surface area contributed by atoms with Gasteiger partial charge in [0.25, 0.3) is 0 Å². The average Bonchev–Trinajstić information content (AvgIpc) is 3.53. The van der Waals surface area contributed by atoms with E-state index in [-0.39, 0.29) is 5.69 Å². The third-order valence-electron chi connectivity index (χ3n) is 6.19. The topological polar surface area (TPSA) is 94.3 Å². The van der Waals surface area contributed by atoms with E-state index in [1.807, 2.05) is 54.6 Å². The first-order valence-electron chi connectivity index (χ1n) is 12.0. The van der Waals surface area contributed by atoms with E-state index in [1.165, 1.54) is 5.56 Å². The van der Waals surface area contributed by atoms with Crippen molar-refractivity contribution in [2.75, 3.05) is 0 Å². The summed E-state index contributed by atoms with van der Waals surface area (Å²) in [7, 11) is 0. The molecule has 0 saturated carbocycles. The molecule has 0 aliphatic heterocycles. The highest BCUT2D eigenvalue weighted by Crippen LogP contribution is 2.28. The zero-order chi connectivity index (χ0) is 24.9. The molecular formula is C27H26ClN7O. The number of halogens is 1. The summed E-state index contributed by atoms with van der Waals surface area (Å²) in [6, 6.07) is 22.0. The Morgan fingerprint density at radius 1 is 0.917 bits per heavy atom. The van der Waals surface area contributed by atoms with Gasteiger partial charge in [-0.1, -0.05) is 79.5 Å². The monoisotopic (exact) mass is 499 g/mol. The molecule has 0 amide bonds. The van der Waals surface area contributed by atoms with Crippen molar-refractivity contribution in [1.29, 1.82) is 0 Å². The van der Waals surface area contributed by atoms with Crippen LogP contribution in [0.1, 0.15) is 30.2 Å². The summed E-state index contributed by atoms with van der Waals surface area (Å²) < 4.78 is 3.50. The van der Waals surface area contributed by atoms with Gasteiger partial charge in [-0.3, -0.25) is 14.1 Å². The number of hydrogen-bond donors (Lipinski definition) is 1. The van der Waals surface area contributed by atoms with Gasteiger partial charge in [0.1, 0.15) is 5.15 Å². The summed E-state index contributed by atoms with van der Waals surface area (Å²) >= 11 is 6.73. The van der Waals surface area contributed by atoms with Gasteiger partial charge in [0.2, 0.25) is 0 Å². The van der Waals surface area contributed by atoms with Gasteiger partial charge in [-0.05, 0) is 46.5 Å². The Bertz CT molecular complexity index is 1490. The fraction of sp³-hybridized carbons (Fsp3) is 0.222. The van der Waals surface area contributed by atoms with Gasteiger partial charge < -0.3 is 0 Å². The maximum atomic E-state index is 13.4. The fourth-order valence-electron chi connectivity index (χ4n) is 4.38. The minimum Gasteiger partial charge on any atom is -0.290 e. The van der Waals surface area contributed by atoms with Gasteiger partial charge in [0, 0.05) is 23.9 Å². The predicted octanol–water partition coefficient (Wildman–Crippen LogP) is 4.79. The second-order valence-electron chi connectivity index (χ2n) is 8.59. The summed E-state index contributed by atoms with van der Waals surface area (Å²) in [5, 5.41) is 14.7. The smallest absolute Gasteiger partial charge is 0.290 e. The van der Waals surface area contributed by atoms with Crippen molar-refractivity contribution in [3.8, 4) is 22.6 Å². The van der Waals surface area contributed by atoms with Crippen LogP contribution in [0.4, 0.5) is 0 Å². The predicted molar refractivity (Wildman–Crippen MR) is 140 cm³/mol. The van der Waals surface area contributed by atoms with Gasteiger partial charge in [-0.15, -0.1) is 5.10 Å². The second-order valence-corrected chi connectivity index (χ2v) is 8.95. The van der Waals surface area contributed by atoms with Crippen LogP contribution in [0.25, 0.3) is 22.6 Å². The van der Waals surface area contributed by atoms with E-state index in [0.717, 1.165) is 47.3 Å². The zero-order valence-electron chi connectivity index (χ0n) is 19.9. The molecule has 5 aromatic rings. The van der Waals surface area contributed by atoms with E-state index < -0.39 is 0 Å². The number of aryl methyl sites for hydroxylation is 1. The molecule has 5 rings (SSSR count). The molecule has 1 N–H and O–H groups in total. The van der Waals surface area contributed by atoms with E-state index >= 15 is 0 Å². The molecule has 0 spiro atoms. The molecule has 0 atom stereocenters. The van der Waals surface area contributed by atoms with Crippen LogP contribution in [0.3, 0.4) is 0 Å². The van der Waals surface area contributed by atoms with E-state index in [0.29, 0.717) is 24.1 Å². The first-order chi connectivity index (χ1) is 17.7. The van der Waals surface area contributed by atoms with E-state index in [9.17, 15) is 4.79 Å². The third kappa shape index (κ3) is 4.85. The highest BCUT2D eigenvalue weighted by molar-refractivity contribution is 6.30. The highest BCUT2D eigenvalue weighted by atomic mass is 35.5. The Balaban J connectivity index is 1.41. The highest BCUT2D eigenvalue weighted by Gasteiger charge is 2.18. The molecule has 9 heteroatoms. The number of nitrogens with one attached hydrogen (secondary N) is 1. The largest absolute Gasteiger partial charge is 0.329 e. The molecule has 2 aromatic carbocycles. The van der Waals surface area contributed by atoms with Crippen molar-refractivity contribution in [3.05, 3.63) is 105 Å². The molecule has 0 bridgehead atoms. The molecule has 182 valence electrons. The van der Waals surface area contributed by atoms with Crippen molar-refractivity contribution in [2.24, 2.45) is 0 Å². The zero-order valence-corrected chi connectivity index (χ0v) is 20.7. The van der Waals surface area contributed by atoms with Gasteiger partial charge in [-0.25, -0.2) is 9.89 Å². The number of benzene rings is 2. The first kappa shape index (κ1) is 23.7. The van der Waals surface area contributed by atoms with Crippen LogP contribution in [-0.2, 0) is 25.9 Å². The maximum Gasteiger partial charge on any atom is 0.329 e. The number of aromatic nitrogens is 7. The summed E-state index contributed by atoms with van der Waals surface area (Å²) in [4.78, 5) is 17.9. The number of hydrogen-bond acceptors (Lipinski definition) is 5. The van der Waals surface area contributed by atoms with Crippen LogP contribution in [0, 0.1) is 0 Å². The molecule has 0 radical (unpaired) electrons. The Labute approximate surface area is 213 Å². The number of rotatable bonds is 9. The third-order valence-corrected chi connectivity index (χ3v) is 6.61. The van der Waals surface area contributed by atoms with Crippen LogP contribution in [0.2, 0.25) is 5.15 Å². The lowest BCUT2D eigenvalue weighted by atomic mass is 10.0. The number of nitrogens with zero attached hydrogens (tertiary/aromatic N) is 6. The summed E-state index contributed by atoms with van der Waals surface area (Å²) in [5.74, 6) is 0.560. The summed E-state index contributed by atoms with van der Waals surface area (Å²) in [6.07, 6.45) is 4.14. The van der Waals surface area contributed by atoms with Crippen LogP contribution >= 0.6 is 11.6 Å². The Morgan fingerprint density at radius 2 is 1.72 bits per heavy atom. The first-order valence-corrected chi connectivity index (χ1v) is 12.3. The van der Waals surface area contributed by atoms with Gasteiger partial charge in [0.15, 0.2) is 5.82 Å². The summed E-state index contributed by atoms with van der Waals surface area (Å²) in [6.45, 7) is 3.09. The average molecular weight is 500 g/mol. The Morgan fingerprint density at radius 3 is 2.44 bits per heavy atom. The Kier molecular flexibility index (Phi) is 7.04. The van der Waals surface area contributed by atoms with Crippen LogP contribution in [0.5, 0.6) is 0 Å². The van der Waals surface area contributed by atoms with Gasteiger partial charge in [-0.2, -0.15) is 0 Å². The molecular weight excluding hydrogens is 474 g/mol. The molecule has 0 aliphatic carbocycles. The minimum atomic E-state index is -0.0757.